The molecule has 0 amide bonds. The lowest BCUT2D eigenvalue weighted by Gasteiger charge is -2.04. The minimum absolute atomic E-state index is 0.306. The van der Waals surface area contributed by atoms with Gasteiger partial charge in [-0.15, -0.1) is 0 Å². The van der Waals surface area contributed by atoms with Gasteiger partial charge in [0.2, 0.25) is 11.7 Å². The number of nitrogens with zero attached hydrogens (tertiary/aromatic N) is 2. The van der Waals surface area contributed by atoms with Crippen molar-refractivity contribution in [1.29, 1.82) is 0 Å². The van der Waals surface area contributed by atoms with Gasteiger partial charge < -0.3 is 15.0 Å². The second kappa shape index (κ2) is 5.70. The summed E-state index contributed by atoms with van der Waals surface area (Å²) >= 11 is 0. The van der Waals surface area contributed by atoms with Crippen molar-refractivity contribution in [2.75, 3.05) is 13.7 Å². The Morgan fingerprint density at radius 3 is 2.78 bits per heavy atom. The van der Waals surface area contributed by atoms with Crippen LogP contribution >= 0.6 is 0 Å². The average Bonchev–Trinajstić information content (AvgIpc) is 2.86. The average molecular weight is 251 g/mol. The Bertz CT molecular complexity index is 498. The molecule has 2 rings (SSSR count). The maximum Gasteiger partial charge on any atom is 0.243 e. The van der Waals surface area contributed by atoms with E-state index in [1.54, 1.807) is 19.2 Å². The monoisotopic (exact) mass is 251 g/mol. The standard InChI is InChI=1S/C12H14FN3O2/c1-17-7-6-10(14)12-15-11(16-18-12)8-2-4-9(13)5-3-8/h2-5,10H,6-7,14H2,1H3. The normalized spacial score (nSPS) is 12.6. The van der Waals surface area contributed by atoms with Gasteiger partial charge in [0.25, 0.3) is 0 Å². The lowest BCUT2D eigenvalue weighted by atomic mass is 10.2. The van der Waals surface area contributed by atoms with Crippen molar-refractivity contribution >= 4 is 0 Å². The van der Waals surface area contributed by atoms with Crippen molar-refractivity contribution in [3.8, 4) is 11.4 Å². The number of ether oxygens (including phenoxy) is 1. The number of halogens is 1. The molecule has 6 heteroatoms. The molecule has 1 unspecified atom stereocenters. The van der Waals surface area contributed by atoms with E-state index >= 15 is 0 Å². The summed E-state index contributed by atoms with van der Waals surface area (Å²) in [4.78, 5) is 4.18. The highest BCUT2D eigenvalue weighted by Crippen LogP contribution is 2.19. The Morgan fingerprint density at radius 1 is 1.39 bits per heavy atom. The largest absolute Gasteiger partial charge is 0.385 e. The highest BCUT2D eigenvalue weighted by atomic mass is 19.1. The molecule has 1 atom stereocenters. The van der Waals surface area contributed by atoms with E-state index in [1.165, 1.54) is 12.1 Å². The molecule has 0 bridgehead atoms. The lowest BCUT2D eigenvalue weighted by Crippen LogP contribution is -2.12. The molecule has 1 aromatic heterocycles. The molecule has 0 fully saturated rings. The van der Waals surface area contributed by atoms with E-state index in [1.807, 2.05) is 0 Å². The van der Waals surface area contributed by atoms with Crippen LogP contribution in [-0.2, 0) is 4.74 Å². The minimum atomic E-state index is -0.355. The van der Waals surface area contributed by atoms with Crippen LogP contribution in [0.15, 0.2) is 28.8 Å². The van der Waals surface area contributed by atoms with Gasteiger partial charge >= 0.3 is 0 Å². The van der Waals surface area contributed by atoms with Crippen molar-refractivity contribution in [2.45, 2.75) is 12.5 Å². The number of rotatable bonds is 5. The van der Waals surface area contributed by atoms with Crippen LogP contribution in [0.5, 0.6) is 0 Å². The van der Waals surface area contributed by atoms with E-state index in [-0.39, 0.29) is 11.9 Å². The highest BCUT2D eigenvalue weighted by Gasteiger charge is 2.15. The van der Waals surface area contributed by atoms with Crippen molar-refractivity contribution in [2.24, 2.45) is 5.73 Å². The van der Waals surface area contributed by atoms with Gasteiger partial charge in [0, 0.05) is 19.3 Å². The molecule has 0 saturated heterocycles. The van der Waals surface area contributed by atoms with Crippen LogP contribution in [0.25, 0.3) is 11.4 Å². The summed E-state index contributed by atoms with van der Waals surface area (Å²) in [5.41, 5.74) is 6.55. The van der Waals surface area contributed by atoms with E-state index in [4.69, 9.17) is 15.0 Å². The fourth-order valence-electron chi connectivity index (χ4n) is 1.47. The van der Waals surface area contributed by atoms with Crippen molar-refractivity contribution in [3.63, 3.8) is 0 Å². The van der Waals surface area contributed by atoms with Crippen LogP contribution in [0, 0.1) is 5.82 Å². The number of hydrogen-bond donors (Lipinski definition) is 1. The first-order valence-corrected chi connectivity index (χ1v) is 5.55. The Balaban J connectivity index is 2.12. The first-order valence-electron chi connectivity index (χ1n) is 5.55. The van der Waals surface area contributed by atoms with E-state index in [0.29, 0.717) is 30.3 Å². The molecule has 0 radical (unpaired) electrons. The zero-order chi connectivity index (χ0) is 13.0. The smallest absolute Gasteiger partial charge is 0.243 e. The molecule has 0 spiro atoms. The molecule has 0 aliphatic rings. The maximum atomic E-state index is 12.8. The molecule has 5 nitrogen and oxygen atoms in total. The summed E-state index contributed by atoms with van der Waals surface area (Å²) in [6, 6.07) is 5.51. The fraction of sp³-hybridized carbons (Fsp3) is 0.333. The fourth-order valence-corrected chi connectivity index (χ4v) is 1.47. The van der Waals surface area contributed by atoms with E-state index in [2.05, 4.69) is 10.1 Å². The lowest BCUT2D eigenvalue weighted by molar-refractivity contribution is 0.182. The third kappa shape index (κ3) is 2.91. The van der Waals surface area contributed by atoms with Crippen molar-refractivity contribution in [3.05, 3.63) is 36.0 Å². The van der Waals surface area contributed by atoms with E-state index in [9.17, 15) is 4.39 Å². The molecular formula is C12H14FN3O2. The van der Waals surface area contributed by atoms with Crippen LogP contribution in [0.3, 0.4) is 0 Å². The zero-order valence-electron chi connectivity index (χ0n) is 9.97. The summed E-state index contributed by atoms with van der Waals surface area (Å²) in [6.45, 7) is 0.523. The summed E-state index contributed by atoms with van der Waals surface area (Å²) in [5, 5.41) is 3.82. The van der Waals surface area contributed by atoms with Gasteiger partial charge in [-0.1, -0.05) is 5.16 Å². The van der Waals surface area contributed by atoms with Gasteiger partial charge in [-0.05, 0) is 30.7 Å². The molecule has 0 aliphatic carbocycles. The molecular weight excluding hydrogens is 237 g/mol. The maximum absolute atomic E-state index is 12.8. The Hall–Kier alpha value is -1.79. The Labute approximate surface area is 104 Å². The Morgan fingerprint density at radius 2 is 2.11 bits per heavy atom. The molecule has 1 heterocycles. The zero-order valence-corrected chi connectivity index (χ0v) is 9.97. The molecule has 2 aromatic rings. The van der Waals surface area contributed by atoms with Crippen LogP contribution in [0.1, 0.15) is 18.4 Å². The van der Waals surface area contributed by atoms with Gasteiger partial charge in [-0.25, -0.2) is 4.39 Å². The second-order valence-electron chi connectivity index (χ2n) is 3.85. The number of hydrogen-bond acceptors (Lipinski definition) is 5. The van der Waals surface area contributed by atoms with Gasteiger partial charge in [0.15, 0.2) is 0 Å². The minimum Gasteiger partial charge on any atom is -0.385 e. The SMILES string of the molecule is COCCC(N)c1nc(-c2ccc(F)cc2)no1. The van der Waals surface area contributed by atoms with Gasteiger partial charge in [-0.2, -0.15) is 4.98 Å². The quantitative estimate of drug-likeness (QED) is 0.878. The van der Waals surface area contributed by atoms with Gasteiger partial charge in [-0.3, -0.25) is 0 Å². The number of methoxy groups -OCH3 is 1. The number of nitrogens with two attached hydrogens (primary N) is 1. The number of aromatic nitrogens is 2. The van der Waals surface area contributed by atoms with Crippen LogP contribution in [-0.4, -0.2) is 23.9 Å². The predicted molar refractivity (Wildman–Crippen MR) is 63.1 cm³/mol. The van der Waals surface area contributed by atoms with Crippen molar-refractivity contribution < 1.29 is 13.7 Å². The summed E-state index contributed by atoms with van der Waals surface area (Å²) in [6.07, 6.45) is 0.599. The summed E-state index contributed by atoms with van der Waals surface area (Å²) < 4.78 is 22.8. The first kappa shape index (κ1) is 12.7. The van der Waals surface area contributed by atoms with Gasteiger partial charge in [0.05, 0.1) is 6.04 Å². The molecule has 18 heavy (non-hydrogen) atoms. The third-order valence-corrected chi connectivity index (χ3v) is 2.49. The van der Waals surface area contributed by atoms with Crippen LogP contribution in [0.4, 0.5) is 4.39 Å². The molecule has 0 aliphatic heterocycles. The number of benzene rings is 1. The predicted octanol–water partition coefficient (Wildman–Crippen LogP) is 1.91. The second-order valence-corrected chi connectivity index (χ2v) is 3.85. The molecule has 0 saturated carbocycles. The molecule has 2 N–H and O–H groups in total. The molecule has 96 valence electrons. The van der Waals surface area contributed by atoms with E-state index in [0.717, 1.165) is 0 Å². The molecule has 1 aromatic carbocycles. The first-order chi connectivity index (χ1) is 8.70. The van der Waals surface area contributed by atoms with E-state index < -0.39 is 0 Å². The van der Waals surface area contributed by atoms with Crippen molar-refractivity contribution in [1.82, 2.24) is 10.1 Å². The topological polar surface area (TPSA) is 74.2 Å². The Kier molecular flexibility index (Phi) is 4.01. The summed E-state index contributed by atoms with van der Waals surface area (Å²) in [5.74, 6) is 0.448. The summed E-state index contributed by atoms with van der Waals surface area (Å²) in [7, 11) is 1.60. The van der Waals surface area contributed by atoms with Crippen LogP contribution < -0.4 is 5.73 Å². The van der Waals surface area contributed by atoms with Gasteiger partial charge in [0.1, 0.15) is 5.82 Å². The van der Waals surface area contributed by atoms with Crippen LogP contribution in [0.2, 0.25) is 0 Å². The highest BCUT2D eigenvalue weighted by molar-refractivity contribution is 5.53. The third-order valence-electron chi connectivity index (χ3n) is 2.49.